The Morgan fingerprint density at radius 1 is 1.05 bits per heavy atom. The molecule has 0 atom stereocenters. The molecule has 3 aromatic rings. The number of anilines is 1. The minimum absolute atomic E-state index is 0.180. The number of halogens is 1. The minimum atomic E-state index is -0.579. The number of amides is 3. The number of rotatable bonds is 11. The Labute approximate surface area is 219 Å². The van der Waals surface area contributed by atoms with Gasteiger partial charge in [-0.3, -0.25) is 9.59 Å². The second-order valence-corrected chi connectivity index (χ2v) is 8.41. The smallest absolute Gasteiger partial charge is 0.312 e. The lowest BCUT2D eigenvalue weighted by Gasteiger charge is -2.14. The van der Waals surface area contributed by atoms with Crippen molar-refractivity contribution >= 4 is 35.0 Å². The van der Waals surface area contributed by atoms with Gasteiger partial charge in [0.2, 0.25) is 0 Å². The molecule has 37 heavy (non-hydrogen) atoms. The zero-order chi connectivity index (χ0) is 26.8. The predicted octanol–water partition coefficient (Wildman–Crippen LogP) is 4.21. The molecule has 0 saturated carbocycles. The third-order valence-corrected chi connectivity index (χ3v) is 5.39. The topological polar surface area (TPSA) is 144 Å². The van der Waals surface area contributed by atoms with Crippen LogP contribution in [0.4, 0.5) is 10.5 Å². The zero-order valence-corrected chi connectivity index (χ0v) is 20.8. The summed E-state index contributed by atoms with van der Waals surface area (Å²) < 4.78 is 11.3. The van der Waals surface area contributed by atoms with E-state index in [1.807, 2.05) is 13.0 Å². The number of nitrogens with one attached hydrogen (secondary N) is 2. The molecule has 0 aromatic heterocycles. The number of hydrogen-bond acceptors (Lipinski definition) is 6. The first-order chi connectivity index (χ1) is 17.8. The van der Waals surface area contributed by atoms with E-state index in [0.29, 0.717) is 47.2 Å². The van der Waals surface area contributed by atoms with E-state index in [2.05, 4.69) is 10.6 Å². The monoisotopic (exact) mass is 520 g/mol. The number of urea groups is 1. The van der Waals surface area contributed by atoms with Crippen molar-refractivity contribution < 1.29 is 23.9 Å². The Hall–Kier alpha value is -4.55. The maximum absolute atomic E-state index is 13.1. The number of primary amides is 1. The van der Waals surface area contributed by atoms with Gasteiger partial charge in [-0.15, -0.1) is 0 Å². The molecule has 0 bridgehead atoms. The molecule has 3 aromatic carbocycles. The highest BCUT2D eigenvalue weighted by Crippen LogP contribution is 2.26. The van der Waals surface area contributed by atoms with E-state index < -0.39 is 11.9 Å². The van der Waals surface area contributed by atoms with Crippen molar-refractivity contribution in [2.24, 2.45) is 5.73 Å². The molecule has 0 unspecified atom stereocenters. The number of carbonyl (C=O) groups is 3. The molecular weight excluding hydrogens is 496 g/mol. The van der Waals surface area contributed by atoms with Crippen LogP contribution in [0.25, 0.3) is 0 Å². The number of ether oxygens (including phenoxy) is 2. The molecule has 0 heterocycles. The Balaban J connectivity index is 1.60. The van der Waals surface area contributed by atoms with Gasteiger partial charge in [0.15, 0.2) is 12.4 Å². The van der Waals surface area contributed by atoms with Crippen molar-refractivity contribution in [1.82, 2.24) is 5.32 Å². The maximum Gasteiger partial charge on any atom is 0.312 e. The molecule has 0 aliphatic rings. The van der Waals surface area contributed by atoms with Gasteiger partial charge in [-0.1, -0.05) is 23.7 Å². The minimum Gasteiger partial charge on any atom is -0.494 e. The fourth-order valence-electron chi connectivity index (χ4n) is 3.36. The number of hydrogen-bond donors (Lipinski definition) is 3. The second kappa shape index (κ2) is 13.0. The van der Waals surface area contributed by atoms with Gasteiger partial charge in [-0.2, -0.15) is 5.26 Å². The number of nitriles is 1. The first-order valence-corrected chi connectivity index (χ1v) is 11.7. The van der Waals surface area contributed by atoms with E-state index in [9.17, 15) is 14.4 Å². The molecule has 0 saturated heterocycles. The highest BCUT2D eigenvalue weighted by molar-refractivity contribution is 6.31. The Morgan fingerprint density at radius 3 is 2.59 bits per heavy atom. The molecule has 0 spiro atoms. The van der Waals surface area contributed by atoms with Gasteiger partial charge in [0.25, 0.3) is 5.91 Å². The number of ketones is 1. The molecular formula is C27H25ClN4O5. The lowest BCUT2D eigenvalue weighted by molar-refractivity contribution is -0.118. The molecule has 4 N–H and O–H groups in total. The summed E-state index contributed by atoms with van der Waals surface area (Å²) in [7, 11) is 0. The van der Waals surface area contributed by atoms with Gasteiger partial charge in [0.1, 0.15) is 11.5 Å². The Morgan fingerprint density at radius 2 is 1.86 bits per heavy atom. The van der Waals surface area contributed by atoms with Crippen LogP contribution in [0.5, 0.6) is 11.5 Å². The van der Waals surface area contributed by atoms with Crippen molar-refractivity contribution in [1.29, 1.82) is 5.26 Å². The normalized spacial score (nSPS) is 10.2. The number of carbonyl (C=O) groups excluding carboxylic acids is 3. The maximum atomic E-state index is 13.1. The first kappa shape index (κ1) is 27.0. The van der Waals surface area contributed by atoms with Gasteiger partial charge in [0.05, 0.1) is 23.8 Å². The zero-order valence-electron chi connectivity index (χ0n) is 20.0. The van der Waals surface area contributed by atoms with E-state index in [-0.39, 0.29) is 23.7 Å². The fraction of sp³-hybridized carbons (Fsp3) is 0.185. The number of benzene rings is 3. The van der Waals surface area contributed by atoms with Crippen LogP contribution in [0.15, 0.2) is 60.7 Å². The molecule has 3 amide bonds. The van der Waals surface area contributed by atoms with Crippen LogP contribution in [0, 0.1) is 18.3 Å². The van der Waals surface area contributed by atoms with Crippen LogP contribution >= 0.6 is 11.6 Å². The van der Waals surface area contributed by atoms with Gasteiger partial charge in [-0.25, -0.2) is 4.79 Å². The number of nitrogens with zero attached hydrogens (tertiary/aromatic N) is 1. The molecule has 0 radical (unpaired) electrons. The SMILES string of the molecule is Cc1cc(OCCCNC(N)=O)ccc1NC(=O)COc1ccc(Cl)cc1C(=O)c1cccc(C#N)c1. The van der Waals surface area contributed by atoms with Crippen LogP contribution in [0.1, 0.15) is 33.5 Å². The average molecular weight is 521 g/mol. The quantitative estimate of drug-likeness (QED) is 0.255. The highest BCUT2D eigenvalue weighted by atomic mass is 35.5. The standard InChI is InChI=1S/C27H25ClN4O5/c1-17-12-21(36-11-3-10-31-27(30)35)7-8-23(17)32-25(33)16-37-24-9-6-20(28)14-22(24)26(34)19-5-2-4-18(13-19)15-29/h2,4-9,12-14H,3,10-11,16H2,1H3,(H,32,33)(H3,30,31,35). The summed E-state index contributed by atoms with van der Waals surface area (Å²) in [5.41, 5.74) is 7.20. The predicted molar refractivity (Wildman–Crippen MR) is 139 cm³/mol. The average Bonchev–Trinajstić information content (AvgIpc) is 2.88. The third-order valence-electron chi connectivity index (χ3n) is 5.16. The lowest BCUT2D eigenvalue weighted by atomic mass is 10.0. The largest absolute Gasteiger partial charge is 0.494 e. The van der Waals surface area contributed by atoms with E-state index in [1.54, 1.807) is 42.5 Å². The second-order valence-electron chi connectivity index (χ2n) is 7.97. The summed E-state index contributed by atoms with van der Waals surface area (Å²) in [6.45, 7) is 2.28. The molecule has 0 aliphatic heterocycles. The van der Waals surface area contributed by atoms with Crippen molar-refractivity contribution in [2.45, 2.75) is 13.3 Å². The lowest BCUT2D eigenvalue weighted by Crippen LogP contribution is -2.30. The fourth-order valence-corrected chi connectivity index (χ4v) is 3.53. The molecule has 9 nitrogen and oxygen atoms in total. The third kappa shape index (κ3) is 7.98. The molecule has 0 aliphatic carbocycles. The van der Waals surface area contributed by atoms with Crippen LogP contribution in [0.2, 0.25) is 5.02 Å². The van der Waals surface area contributed by atoms with Gasteiger partial charge in [0, 0.05) is 22.8 Å². The highest BCUT2D eigenvalue weighted by Gasteiger charge is 2.17. The molecule has 190 valence electrons. The van der Waals surface area contributed by atoms with Crippen molar-refractivity contribution in [3.8, 4) is 17.6 Å². The summed E-state index contributed by atoms with van der Waals surface area (Å²) in [6, 6.07) is 17.5. The van der Waals surface area contributed by atoms with Crippen LogP contribution in [0.3, 0.4) is 0 Å². The summed E-state index contributed by atoms with van der Waals surface area (Å²) in [5, 5.41) is 14.7. The van der Waals surface area contributed by atoms with E-state index in [0.717, 1.165) is 5.56 Å². The van der Waals surface area contributed by atoms with Crippen LogP contribution in [-0.2, 0) is 4.79 Å². The number of aryl methyl sites for hydroxylation is 1. The first-order valence-electron chi connectivity index (χ1n) is 11.3. The molecule has 10 heteroatoms. The Bertz CT molecular complexity index is 1350. The number of nitrogens with two attached hydrogens (primary N) is 1. The Kier molecular flexibility index (Phi) is 9.47. The van der Waals surface area contributed by atoms with Crippen molar-refractivity contribution in [2.75, 3.05) is 25.1 Å². The summed E-state index contributed by atoms with van der Waals surface area (Å²) in [5.74, 6) is 0.00906. The van der Waals surface area contributed by atoms with E-state index >= 15 is 0 Å². The van der Waals surface area contributed by atoms with Gasteiger partial charge >= 0.3 is 6.03 Å². The van der Waals surface area contributed by atoms with Gasteiger partial charge in [-0.05, 0) is 67.4 Å². The van der Waals surface area contributed by atoms with Crippen molar-refractivity contribution in [3.63, 3.8) is 0 Å². The summed E-state index contributed by atoms with van der Waals surface area (Å²) in [6.07, 6.45) is 0.594. The van der Waals surface area contributed by atoms with E-state index in [4.69, 9.17) is 32.1 Å². The molecule has 0 fully saturated rings. The summed E-state index contributed by atoms with van der Waals surface area (Å²) >= 11 is 6.10. The summed E-state index contributed by atoms with van der Waals surface area (Å²) in [4.78, 5) is 36.3. The van der Waals surface area contributed by atoms with Crippen molar-refractivity contribution in [3.05, 3.63) is 87.9 Å². The van der Waals surface area contributed by atoms with Crippen LogP contribution < -0.4 is 25.8 Å². The van der Waals surface area contributed by atoms with Crippen LogP contribution in [-0.4, -0.2) is 37.5 Å². The van der Waals surface area contributed by atoms with E-state index in [1.165, 1.54) is 18.2 Å². The van der Waals surface area contributed by atoms with Gasteiger partial charge < -0.3 is 25.8 Å². The molecule has 3 rings (SSSR count).